The lowest BCUT2D eigenvalue weighted by Gasteiger charge is -2.08. The van der Waals surface area contributed by atoms with Crippen LogP contribution in [0.4, 0.5) is 5.69 Å². The number of aromatic nitrogens is 1. The lowest BCUT2D eigenvalue weighted by atomic mass is 10.2. The number of aliphatic hydroxyl groups is 1. The minimum atomic E-state index is -3.65. The normalized spacial score (nSPS) is 10.6. The minimum absolute atomic E-state index is 0.137. The molecule has 2 aromatic rings. The van der Waals surface area contributed by atoms with Crippen molar-refractivity contribution in [3.63, 3.8) is 0 Å². The van der Waals surface area contributed by atoms with Crippen LogP contribution in [-0.4, -0.2) is 25.1 Å². The number of hydrogen-bond acceptors (Lipinski definition) is 4. The Balaban J connectivity index is 2.21. The van der Waals surface area contributed by atoms with Crippen LogP contribution in [-0.2, 0) is 10.0 Å². The van der Waals surface area contributed by atoms with Crippen molar-refractivity contribution in [2.24, 2.45) is 0 Å². The molecule has 0 unspecified atom stereocenters. The van der Waals surface area contributed by atoms with Crippen molar-refractivity contribution in [3.8, 4) is 11.8 Å². The highest BCUT2D eigenvalue weighted by Crippen LogP contribution is 2.15. The van der Waals surface area contributed by atoms with Crippen molar-refractivity contribution < 1.29 is 13.5 Å². The fourth-order valence-electron chi connectivity index (χ4n) is 1.60. The van der Waals surface area contributed by atoms with E-state index in [0.29, 0.717) is 11.3 Å². The van der Waals surface area contributed by atoms with Gasteiger partial charge in [-0.3, -0.25) is 9.71 Å². The number of aliphatic hydroxyl groups excluding tert-OH is 1. The van der Waals surface area contributed by atoms with Crippen LogP contribution in [0.2, 0.25) is 0 Å². The molecule has 21 heavy (non-hydrogen) atoms. The second kappa shape index (κ2) is 6.39. The van der Waals surface area contributed by atoms with Crippen LogP contribution in [0.15, 0.2) is 47.5 Å². The van der Waals surface area contributed by atoms with Crippen LogP contribution < -0.4 is 4.72 Å². The average molecular weight is 302 g/mol. The Bertz CT molecular complexity index is 770. The Morgan fingerprint density at radius 3 is 2.48 bits per heavy atom. The number of pyridine rings is 1. The summed E-state index contributed by atoms with van der Waals surface area (Å²) in [7, 11) is -3.65. The first-order valence-electron chi connectivity index (χ1n) is 6.16. The molecule has 0 fully saturated rings. The van der Waals surface area contributed by atoms with Crippen molar-refractivity contribution in [2.45, 2.75) is 11.8 Å². The molecular weight excluding hydrogens is 288 g/mol. The van der Waals surface area contributed by atoms with Crippen LogP contribution in [0.3, 0.4) is 0 Å². The topological polar surface area (TPSA) is 79.3 Å². The number of benzene rings is 1. The summed E-state index contributed by atoms with van der Waals surface area (Å²) >= 11 is 0. The molecule has 0 amide bonds. The summed E-state index contributed by atoms with van der Waals surface area (Å²) in [6, 6.07) is 9.48. The van der Waals surface area contributed by atoms with Gasteiger partial charge in [-0.25, -0.2) is 8.42 Å². The molecule has 108 valence electrons. The molecular formula is C15H14N2O3S. The van der Waals surface area contributed by atoms with Gasteiger partial charge in [-0.15, -0.1) is 0 Å². The highest BCUT2D eigenvalue weighted by molar-refractivity contribution is 7.92. The first kappa shape index (κ1) is 15.0. The van der Waals surface area contributed by atoms with Gasteiger partial charge in [0.2, 0.25) is 0 Å². The van der Waals surface area contributed by atoms with Crippen molar-refractivity contribution in [1.29, 1.82) is 0 Å². The molecule has 0 bridgehead atoms. The maximum absolute atomic E-state index is 12.2. The second-order valence-corrected chi connectivity index (χ2v) is 5.96. The number of sulfonamides is 1. The quantitative estimate of drug-likeness (QED) is 0.843. The number of rotatable bonds is 3. The average Bonchev–Trinajstić information content (AvgIpc) is 2.48. The fraction of sp³-hybridized carbons (Fsp3) is 0.133. The van der Waals surface area contributed by atoms with E-state index in [1.807, 2.05) is 6.92 Å². The van der Waals surface area contributed by atoms with E-state index in [0.717, 1.165) is 5.69 Å². The smallest absolute Gasteiger partial charge is 0.261 e. The number of anilines is 1. The molecule has 0 saturated heterocycles. The second-order valence-electron chi connectivity index (χ2n) is 4.28. The number of nitrogens with zero attached hydrogens (tertiary/aromatic N) is 1. The molecule has 0 atom stereocenters. The number of aryl methyl sites for hydroxylation is 1. The monoisotopic (exact) mass is 302 g/mol. The molecule has 5 nitrogen and oxygen atoms in total. The summed E-state index contributed by atoms with van der Waals surface area (Å²) in [6.07, 6.45) is 1.47. The van der Waals surface area contributed by atoms with Gasteiger partial charge in [0.25, 0.3) is 10.0 Å². The summed E-state index contributed by atoms with van der Waals surface area (Å²) in [5.74, 6) is 5.20. The minimum Gasteiger partial charge on any atom is -0.384 e. The number of nitrogens with one attached hydrogen (secondary N) is 1. The van der Waals surface area contributed by atoms with E-state index in [-0.39, 0.29) is 11.5 Å². The molecule has 1 aromatic heterocycles. The van der Waals surface area contributed by atoms with Gasteiger partial charge in [0.15, 0.2) is 0 Å². The predicted octanol–water partition coefficient (Wildman–Crippen LogP) is 1.53. The first-order chi connectivity index (χ1) is 10.0. The Kier molecular flexibility index (Phi) is 4.58. The SMILES string of the molecule is Cc1ccc(NS(=O)(=O)c2ccc(C#CCO)cc2)cn1. The zero-order valence-corrected chi connectivity index (χ0v) is 12.2. The lowest BCUT2D eigenvalue weighted by molar-refractivity contribution is 0.350. The van der Waals surface area contributed by atoms with E-state index < -0.39 is 10.0 Å². The third-order valence-corrected chi connectivity index (χ3v) is 4.04. The van der Waals surface area contributed by atoms with Gasteiger partial charge in [-0.2, -0.15) is 0 Å². The van der Waals surface area contributed by atoms with Crippen molar-refractivity contribution in [2.75, 3.05) is 11.3 Å². The molecule has 0 aliphatic heterocycles. The molecule has 1 aromatic carbocycles. The Hall–Kier alpha value is -2.36. The molecule has 2 rings (SSSR count). The van der Waals surface area contributed by atoms with Crippen LogP contribution >= 0.6 is 0 Å². The van der Waals surface area contributed by atoms with E-state index >= 15 is 0 Å². The van der Waals surface area contributed by atoms with Crippen LogP contribution in [0, 0.1) is 18.8 Å². The van der Waals surface area contributed by atoms with Crippen molar-refractivity contribution in [3.05, 3.63) is 53.9 Å². The van der Waals surface area contributed by atoms with Gasteiger partial charge in [0.05, 0.1) is 16.8 Å². The Labute approximate surface area is 123 Å². The summed E-state index contributed by atoms with van der Waals surface area (Å²) in [5.41, 5.74) is 1.86. The third-order valence-electron chi connectivity index (χ3n) is 2.64. The molecule has 0 saturated carbocycles. The van der Waals surface area contributed by atoms with E-state index in [9.17, 15) is 8.42 Å². The van der Waals surface area contributed by atoms with Crippen LogP contribution in [0.5, 0.6) is 0 Å². The van der Waals surface area contributed by atoms with Gasteiger partial charge < -0.3 is 5.11 Å². The van der Waals surface area contributed by atoms with E-state index in [1.54, 1.807) is 24.3 Å². The molecule has 0 aliphatic rings. The summed E-state index contributed by atoms with van der Waals surface area (Å²) in [6.45, 7) is 1.59. The zero-order chi connectivity index (χ0) is 15.3. The standard InChI is InChI=1S/C15H14N2O3S/c1-12-4-7-14(11-16-12)17-21(19,20)15-8-5-13(6-9-15)3-2-10-18/h4-9,11,17-18H,10H2,1H3. The summed E-state index contributed by atoms with van der Waals surface area (Å²) in [4.78, 5) is 4.17. The maximum Gasteiger partial charge on any atom is 0.261 e. The fourth-order valence-corrected chi connectivity index (χ4v) is 2.64. The van der Waals surface area contributed by atoms with Crippen molar-refractivity contribution in [1.82, 2.24) is 4.98 Å². The van der Waals surface area contributed by atoms with Crippen LogP contribution in [0.1, 0.15) is 11.3 Å². The molecule has 2 N–H and O–H groups in total. The van der Waals surface area contributed by atoms with Gasteiger partial charge in [0.1, 0.15) is 6.61 Å². The van der Waals surface area contributed by atoms with E-state index in [1.165, 1.54) is 18.3 Å². The van der Waals surface area contributed by atoms with Gasteiger partial charge in [-0.05, 0) is 43.3 Å². The predicted molar refractivity (Wildman–Crippen MR) is 80.2 cm³/mol. The van der Waals surface area contributed by atoms with Gasteiger partial charge >= 0.3 is 0 Å². The summed E-state index contributed by atoms with van der Waals surface area (Å²) in [5, 5.41) is 8.61. The maximum atomic E-state index is 12.2. The van der Waals surface area contributed by atoms with E-state index in [2.05, 4.69) is 21.5 Å². The zero-order valence-electron chi connectivity index (χ0n) is 11.4. The Morgan fingerprint density at radius 1 is 1.19 bits per heavy atom. The highest BCUT2D eigenvalue weighted by atomic mass is 32.2. The highest BCUT2D eigenvalue weighted by Gasteiger charge is 2.13. The molecule has 1 heterocycles. The third kappa shape index (κ3) is 4.05. The number of hydrogen-bond donors (Lipinski definition) is 2. The largest absolute Gasteiger partial charge is 0.384 e. The molecule has 0 aliphatic carbocycles. The van der Waals surface area contributed by atoms with Crippen molar-refractivity contribution >= 4 is 15.7 Å². The Morgan fingerprint density at radius 2 is 1.90 bits per heavy atom. The van der Waals surface area contributed by atoms with Gasteiger partial charge in [0, 0.05) is 11.3 Å². The lowest BCUT2D eigenvalue weighted by Crippen LogP contribution is -2.13. The first-order valence-corrected chi connectivity index (χ1v) is 7.65. The van der Waals surface area contributed by atoms with Gasteiger partial charge in [-0.1, -0.05) is 11.8 Å². The van der Waals surface area contributed by atoms with E-state index in [4.69, 9.17) is 5.11 Å². The summed E-state index contributed by atoms with van der Waals surface area (Å²) < 4.78 is 26.9. The molecule has 6 heteroatoms. The molecule has 0 spiro atoms. The van der Waals surface area contributed by atoms with Crippen LogP contribution in [0.25, 0.3) is 0 Å². The molecule has 0 radical (unpaired) electrons.